The van der Waals surface area contributed by atoms with E-state index in [1.54, 1.807) is 0 Å². The molecule has 5 heteroatoms. The number of ether oxygens (including phenoxy) is 1. The normalized spacial score (nSPS) is 16.4. The lowest BCUT2D eigenvalue weighted by atomic mass is 9.78. The van der Waals surface area contributed by atoms with Crippen molar-refractivity contribution in [3.63, 3.8) is 0 Å². The Labute approximate surface area is 185 Å². The van der Waals surface area contributed by atoms with E-state index < -0.39 is 7.12 Å². The maximum absolute atomic E-state index is 10.7. The Hall–Kier alpha value is -2.60. The fourth-order valence-corrected chi connectivity index (χ4v) is 4.05. The van der Waals surface area contributed by atoms with Crippen molar-refractivity contribution in [2.45, 2.75) is 45.6 Å². The van der Waals surface area contributed by atoms with E-state index in [2.05, 4.69) is 60.4 Å². The second-order valence-corrected chi connectivity index (χ2v) is 8.21. The van der Waals surface area contributed by atoms with Crippen LogP contribution in [0, 0.1) is 0 Å². The molecule has 1 aliphatic heterocycles. The minimum absolute atomic E-state index is 0.0883. The van der Waals surface area contributed by atoms with Crippen molar-refractivity contribution in [3.05, 3.63) is 95.6 Å². The average molecular weight is 415 g/mol. The fourth-order valence-electron chi connectivity index (χ4n) is 4.05. The van der Waals surface area contributed by atoms with Gasteiger partial charge < -0.3 is 14.4 Å². The maximum Gasteiger partial charge on any atom is 0.495 e. The molecule has 0 aliphatic carbocycles. The number of nitrogens with zero attached hydrogens (tertiary/aromatic N) is 1. The van der Waals surface area contributed by atoms with Crippen molar-refractivity contribution in [3.8, 4) is 5.75 Å². The van der Waals surface area contributed by atoms with E-state index in [4.69, 9.17) is 9.39 Å². The summed E-state index contributed by atoms with van der Waals surface area (Å²) in [5.41, 5.74) is 4.30. The van der Waals surface area contributed by atoms with Crippen LogP contribution in [0.5, 0.6) is 5.75 Å². The highest BCUT2D eigenvalue weighted by Gasteiger charge is 2.38. The van der Waals surface area contributed by atoms with Gasteiger partial charge in [0.1, 0.15) is 5.75 Å². The number of fused-ring (bicyclic) bond motifs is 1. The Kier molecular flexibility index (Phi) is 7.08. The average Bonchev–Trinajstić information content (AvgIpc) is 3.11. The molecule has 0 radical (unpaired) electrons. The van der Waals surface area contributed by atoms with Crippen molar-refractivity contribution >= 4 is 12.6 Å². The lowest BCUT2D eigenvalue weighted by Gasteiger charge is -2.26. The second kappa shape index (κ2) is 10.1. The Morgan fingerprint density at radius 1 is 0.935 bits per heavy atom. The third-order valence-corrected chi connectivity index (χ3v) is 5.81. The molecule has 0 bridgehead atoms. The summed E-state index contributed by atoms with van der Waals surface area (Å²) in [5, 5.41) is 10.7. The molecule has 31 heavy (non-hydrogen) atoms. The van der Waals surface area contributed by atoms with Crippen LogP contribution in [0.25, 0.3) is 0 Å². The molecule has 1 unspecified atom stereocenters. The van der Waals surface area contributed by atoms with Gasteiger partial charge in [-0.25, -0.2) is 0 Å². The van der Waals surface area contributed by atoms with Crippen LogP contribution in [0.1, 0.15) is 43.1 Å². The van der Waals surface area contributed by atoms with Crippen LogP contribution in [-0.4, -0.2) is 29.7 Å². The summed E-state index contributed by atoms with van der Waals surface area (Å²) in [4.78, 5) is 2.37. The van der Waals surface area contributed by atoms with Gasteiger partial charge >= 0.3 is 7.12 Å². The highest BCUT2D eigenvalue weighted by molar-refractivity contribution is 6.62. The zero-order valence-electron chi connectivity index (χ0n) is 18.3. The molecule has 0 amide bonds. The Morgan fingerprint density at radius 2 is 1.55 bits per heavy atom. The van der Waals surface area contributed by atoms with Crippen LogP contribution < -0.4 is 10.2 Å². The standard InChI is InChI=1S/C26H30BNO3/c1-3-20(2)30-24-16-10-15-23-25(31-27(29)26(23)24)19-28(17-21-11-6-4-7-12-21)18-22-13-8-5-9-14-22/h4-16,20,25,29H,3,17-19H2,1-2H3/t20?,25-/m1/s1. The van der Waals surface area contributed by atoms with Crippen molar-refractivity contribution in [2.24, 2.45) is 0 Å². The summed E-state index contributed by atoms with van der Waals surface area (Å²) in [5.74, 6) is 0.722. The summed E-state index contributed by atoms with van der Waals surface area (Å²) < 4.78 is 12.1. The first-order chi connectivity index (χ1) is 15.1. The predicted octanol–water partition coefficient (Wildman–Crippen LogP) is 4.33. The summed E-state index contributed by atoms with van der Waals surface area (Å²) >= 11 is 0. The van der Waals surface area contributed by atoms with Crippen LogP contribution in [0.2, 0.25) is 0 Å². The molecule has 1 aliphatic rings. The van der Waals surface area contributed by atoms with Gasteiger partial charge in [-0.3, -0.25) is 4.90 Å². The smallest absolute Gasteiger partial charge is 0.491 e. The molecule has 0 fully saturated rings. The van der Waals surface area contributed by atoms with E-state index in [1.165, 1.54) is 11.1 Å². The summed E-state index contributed by atoms with van der Waals surface area (Å²) in [6, 6.07) is 26.9. The molecule has 0 saturated carbocycles. The molecule has 1 N–H and O–H groups in total. The van der Waals surface area contributed by atoms with Crippen molar-refractivity contribution < 1.29 is 14.4 Å². The van der Waals surface area contributed by atoms with Gasteiger partial charge in [0.25, 0.3) is 0 Å². The van der Waals surface area contributed by atoms with E-state index in [0.717, 1.165) is 36.3 Å². The van der Waals surface area contributed by atoms with Gasteiger partial charge in [-0.15, -0.1) is 0 Å². The molecule has 0 spiro atoms. The lowest BCUT2D eigenvalue weighted by Crippen LogP contribution is -2.31. The number of hydrogen-bond donors (Lipinski definition) is 1. The SMILES string of the molecule is CCC(C)Oc1cccc2c1B(O)O[C@@H]2CN(Cc1ccccc1)Cc1ccccc1. The predicted molar refractivity (Wildman–Crippen MR) is 125 cm³/mol. The molecule has 4 nitrogen and oxygen atoms in total. The van der Waals surface area contributed by atoms with E-state index in [1.807, 2.05) is 37.3 Å². The summed E-state index contributed by atoms with van der Waals surface area (Å²) in [6.07, 6.45) is 0.787. The Balaban J connectivity index is 1.57. The molecule has 160 valence electrons. The molecule has 0 saturated heterocycles. The largest absolute Gasteiger partial charge is 0.495 e. The quantitative estimate of drug-likeness (QED) is 0.529. The number of hydrogen-bond acceptors (Lipinski definition) is 4. The topological polar surface area (TPSA) is 41.9 Å². The Morgan fingerprint density at radius 3 is 2.13 bits per heavy atom. The first kappa shape index (κ1) is 21.6. The van der Waals surface area contributed by atoms with Crippen molar-refractivity contribution in [2.75, 3.05) is 6.54 Å². The van der Waals surface area contributed by atoms with Crippen LogP contribution in [0.15, 0.2) is 78.9 Å². The first-order valence-electron chi connectivity index (χ1n) is 11.1. The molecular weight excluding hydrogens is 385 g/mol. The molecule has 0 aromatic heterocycles. The van der Waals surface area contributed by atoms with E-state index in [0.29, 0.717) is 6.54 Å². The minimum atomic E-state index is -0.962. The van der Waals surface area contributed by atoms with E-state index >= 15 is 0 Å². The molecule has 2 atom stereocenters. The highest BCUT2D eigenvalue weighted by Crippen LogP contribution is 2.30. The third kappa shape index (κ3) is 5.37. The van der Waals surface area contributed by atoms with Gasteiger partial charge in [-0.05, 0) is 36.1 Å². The molecule has 3 aromatic rings. The molecule has 4 rings (SSSR count). The van der Waals surface area contributed by atoms with Gasteiger partial charge in [-0.1, -0.05) is 79.7 Å². The van der Waals surface area contributed by atoms with E-state index in [-0.39, 0.29) is 12.2 Å². The molecular formula is C26H30BNO3. The fraction of sp³-hybridized carbons (Fsp3) is 0.308. The molecule has 1 heterocycles. The maximum atomic E-state index is 10.7. The number of rotatable bonds is 9. The monoisotopic (exact) mass is 415 g/mol. The lowest BCUT2D eigenvalue weighted by molar-refractivity contribution is 0.118. The van der Waals surface area contributed by atoms with Crippen LogP contribution in [0.4, 0.5) is 0 Å². The van der Waals surface area contributed by atoms with Crippen LogP contribution in [0.3, 0.4) is 0 Å². The minimum Gasteiger partial charge on any atom is -0.491 e. The highest BCUT2D eigenvalue weighted by atomic mass is 16.5. The first-order valence-corrected chi connectivity index (χ1v) is 11.1. The zero-order valence-corrected chi connectivity index (χ0v) is 18.3. The number of benzene rings is 3. The van der Waals surface area contributed by atoms with E-state index in [9.17, 15) is 5.02 Å². The summed E-state index contributed by atoms with van der Waals surface area (Å²) in [6.45, 7) is 6.43. The van der Waals surface area contributed by atoms with Crippen molar-refractivity contribution in [1.82, 2.24) is 4.90 Å². The van der Waals surface area contributed by atoms with Crippen molar-refractivity contribution in [1.29, 1.82) is 0 Å². The van der Waals surface area contributed by atoms with Crippen LogP contribution in [-0.2, 0) is 17.7 Å². The van der Waals surface area contributed by atoms with Gasteiger partial charge in [0, 0.05) is 25.1 Å². The van der Waals surface area contributed by atoms with Gasteiger partial charge in [-0.2, -0.15) is 0 Å². The van der Waals surface area contributed by atoms with Gasteiger partial charge in [0.05, 0.1) is 12.2 Å². The summed E-state index contributed by atoms with van der Waals surface area (Å²) in [7, 11) is -0.962. The second-order valence-electron chi connectivity index (χ2n) is 8.21. The Bertz CT molecular complexity index is 925. The third-order valence-electron chi connectivity index (χ3n) is 5.81. The van der Waals surface area contributed by atoms with Gasteiger partial charge in [0.2, 0.25) is 0 Å². The van der Waals surface area contributed by atoms with Crippen LogP contribution >= 0.6 is 0 Å². The molecule has 3 aromatic carbocycles. The van der Waals surface area contributed by atoms with Gasteiger partial charge in [0.15, 0.2) is 0 Å². The zero-order chi connectivity index (χ0) is 21.6.